The molecule has 1 saturated carbocycles. The number of benzene rings is 1. The van der Waals surface area contributed by atoms with Crippen molar-refractivity contribution in [3.8, 4) is 0 Å². The van der Waals surface area contributed by atoms with Crippen molar-refractivity contribution in [3.05, 3.63) is 47.6 Å². The summed E-state index contributed by atoms with van der Waals surface area (Å²) in [7, 11) is 0. The molecule has 1 aliphatic heterocycles. The number of hydrogen-bond donors (Lipinski definition) is 0. The number of carbonyl (C=O) groups excluding carboxylic acids is 1. The smallest absolute Gasteiger partial charge is 0.238 e. The number of carbonyl (C=O) groups is 1. The highest BCUT2D eigenvalue weighted by atomic mass is 32.2. The Labute approximate surface area is 121 Å². The third-order valence-corrected chi connectivity index (χ3v) is 5.22. The molecule has 0 radical (unpaired) electrons. The van der Waals surface area contributed by atoms with Gasteiger partial charge in [-0.15, -0.1) is 0 Å². The van der Waals surface area contributed by atoms with E-state index in [9.17, 15) is 4.79 Å². The summed E-state index contributed by atoms with van der Waals surface area (Å²) in [5.41, 5.74) is 1.15. The molecule has 0 spiro atoms. The Morgan fingerprint density at radius 1 is 1.25 bits per heavy atom. The zero-order chi connectivity index (χ0) is 13.6. The quantitative estimate of drug-likeness (QED) is 0.868. The summed E-state index contributed by atoms with van der Waals surface area (Å²) in [6.45, 7) is 0. The van der Waals surface area contributed by atoms with Crippen molar-refractivity contribution in [1.29, 1.82) is 0 Å². The van der Waals surface area contributed by atoms with Gasteiger partial charge in [-0.1, -0.05) is 35.5 Å². The molecule has 1 unspecified atom stereocenters. The topological polar surface area (TPSA) is 56.0 Å². The number of thioether (sulfide) groups is 1. The van der Waals surface area contributed by atoms with Gasteiger partial charge in [0, 0.05) is 5.75 Å². The summed E-state index contributed by atoms with van der Waals surface area (Å²) in [6.07, 6.45) is 2.09. The molecule has 2 aromatic rings. The lowest BCUT2D eigenvalue weighted by Gasteiger charge is -2.10. The molecule has 0 N–H and O–H groups in total. The van der Waals surface area contributed by atoms with Crippen molar-refractivity contribution in [2.24, 2.45) is 0 Å². The fourth-order valence-electron chi connectivity index (χ4n) is 2.77. The van der Waals surface area contributed by atoms with Gasteiger partial charge in [0.1, 0.15) is 5.92 Å². The van der Waals surface area contributed by atoms with E-state index in [1.807, 2.05) is 18.2 Å². The minimum Gasteiger partial charge on any atom is -0.338 e. The second-order valence-electron chi connectivity index (χ2n) is 5.44. The maximum atomic E-state index is 11.8. The predicted molar refractivity (Wildman–Crippen MR) is 75.8 cm³/mol. The first-order valence-electron chi connectivity index (χ1n) is 6.80. The van der Waals surface area contributed by atoms with Gasteiger partial charge in [-0.2, -0.15) is 16.7 Å². The average Bonchev–Trinajstić information content (AvgIpc) is 2.94. The monoisotopic (exact) mass is 286 g/mol. The third-order valence-electron chi connectivity index (χ3n) is 4.16. The van der Waals surface area contributed by atoms with Crippen molar-refractivity contribution >= 4 is 17.5 Å². The molecule has 0 bridgehead atoms. The Hall–Kier alpha value is -1.62. The summed E-state index contributed by atoms with van der Waals surface area (Å²) in [4.78, 5) is 16.3. The molecule has 20 heavy (non-hydrogen) atoms. The van der Waals surface area contributed by atoms with Crippen LogP contribution in [-0.2, 0) is 10.2 Å². The van der Waals surface area contributed by atoms with Crippen LogP contribution in [0.5, 0.6) is 0 Å². The zero-order valence-corrected chi connectivity index (χ0v) is 11.7. The molecule has 1 aromatic carbocycles. The van der Waals surface area contributed by atoms with Gasteiger partial charge in [0.15, 0.2) is 11.6 Å². The highest BCUT2D eigenvalue weighted by Crippen LogP contribution is 2.52. The number of nitrogens with zero attached hydrogens (tertiary/aromatic N) is 2. The van der Waals surface area contributed by atoms with Gasteiger partial charge < -0.3 is 4.52 Å². The summed E-state index contributed by atoms with van der Waals surface area (Å²) >= 11 is 1.64. The van der Waals surface area contributed by atoms with Gasteiger partial charge in [0.05, 0.1) is 11.2 Å². The summed E-state index contributed by atoms with van der Waals surface area (Å²) in [5.74, 6) is 2.56. The van der Waals surface area contributed by atoms with Crippen molar-refractivity contribution in [3.63, 3.8) is 0 Å². The lowest BCUT2D eigenvalue weighted by Crippen LogP contribution is -2.12. The van der Waals surface area contributed by atoms with Gasteiger partial charge in [-0.05, 0) is 18.4 Å². The Morgan fingerprint density at radius 2 is 2.05 bits per heavy atom. The van der Waals surface area contributed by atoms with Crippen LogP contribution in [0.15, 0.2) is 34.9 Å². The van der Waals surface area contributed by atoms with E-state index in [2.05, 4.69) is 22.3 Å². The van der Waals surface area contributed by atoms with Crippen LogP contribution in [0.4, 0.5) is 0 Å². The first-order chi connectivity index (χ1) is 9.79. The summed E-state index contributed by atoms with van der Waals surface area (Å²) in [5, 5.41) is 4.16. The van der Waals surface area contributed by atoms with Gasteiger partial charge >= 0.3 is 0 Å². The van der Waals surface area contributed by atoms with Gasteiger partial charge in [0.2, 0.25) is 5.89 Å². The maximum absolute atomic E-state index is 11.8. The van der Waals surface area contributed by atoms with E-state index in [1.165, 1.54) is 5.56 Å². The number of hydrogen-bond acceptors (Lipinski definition) is 5. The molecule has 4 rings (SSSR count). The van der Waals surface area contributed by atoms with E-state index in [-0.39, 0.29) is 17.1 Å². The van der Waals surface area contributed by atoms with Crippen LogP contribution in [0.25, 0.3) is 0 Å². The van der Waals surface area contributed by atoms with Crippen LogP contribution in [0.1, 0.15) is 36.0 Å². The highest BCUT2D eigenvalue weighted by molar-refractivity contribution is 8.00. The van der Waals surface area contributed by atoms with Crippen molar-refractivity contribution in [2.75, 3.05) is 11.5 Å². The van der Waals surface area contributed by atoms with E-state index in [1.54, 1.807) is 11.8 Å². The van der Waals surface area contributed by atoms with E-state index < -0.39 is 0 Å². The predicted octanol–water partition coefficient (Wildman–Crippen LogP) is 2.55. The molecule has 2 heterocycles. The molecule has 1 saturated heterocycles. The van der Waals surface area contributed by atoms with Crippen LogP contribution < -0.4 is 0 Å². The van der Waals surface area contributed by atoms with E-state index in [4.69, 9.17) is 4.52 Å². The lowest BCUT2D eigenvalue weighted by molar-refractivity contribution is -0.117. The fourth-order valence-corrected chi connectivity index (χ4v) is 3.86. The second-order valence-corrected chi connectivity index (χ2v) is 6.47. The molecule has 0 amide bonds. The molecule has 2 fully saturated rings. The lowest BCUT2D eigenvalue weighted by atomic mass is 9.95. The van der Waals surface area contributed by atoms with Crippen molar-refractivity contribution in [1.82, 2.24) is 10.1 Å². The van der Waals surface area contributed by atoms with Crippen LogP contribution in [0, 0.1) is 0 Å². The number of aromatic nitrogens is 2. The SMILES string of the molecule is O=C1CSCC1c1nc(C2(c3ccccc3)CC2)no1. The molecule has 1 aromatic heterocycles. The van der Waals surface area contributed by atoms with E-state index in [0.29, 0.717) is 11.6 Å². The standard InChI is InChI=1S/C15H14N2O2S/c18-12-9-20-8-11(12)13-16-14(17-19-13)15(6-7-15)10-4-2-1-3-5-10/h1-5,11H,6-9H2. The van der Waals surface area contributed by atoms with E-state index in [0.717, 1.165) is 24.4 Å². The highest BCUT2D eigenvalue weighted by Gasteiger charge is 2.50. The molecule has 2 aliphatic rings. The van der Waals surface area contributed by atoms with Crippen LogP contribution >= 0.6 is 11.8 Å². The van der Waals surface area contributed by atoms with Crippen molar-refractivity contribution in [2.45, 2.75) is 24.2 Å². The van der Waals surface area contributed by atoms with Crippen molar-refractivity contribution < 1.29 is 9.32 Å². The molecule has 5 heteroatoms. The fraction of sp³-hybridized carbons (Fsp3) is 0.400. The Morgan fingerprint density at radius 3 is 2.70 bits per heavy atom. The van der Waals surface area contributed by atoms with Crippen LogP contribution in [0.3, 0.4) is 0 Å². The van der Waals surface area contributed by atoms with Crippen LogP contribution in [0.2, 0.25) is 0 Å². The third kappa shape index (κ3) is 1.80. The minimum atomic E-state index is -0.201. The molecular formula is C15H14N2O2S. The first-order valence-corrected chi connectivity index (χ1v) is 7.95. The first kappa shape index (κ1) is 12.1. The van der Waals surface area contributed by atoms with Gasteiger partial charge in [0.25, 0.3) is 0 Å². The van der Waals surface area contributed by atoms with E-state index >= 15 is 0 Å². The maximum Gasteiger partial charge on any atom is 0.238 e. The summed E-state index contributed by atoms with van der Waals surface area (Å²) in [6, 6.07) is 10.3. The molecule has 102 valence electrons. The number of rotatable bonds is 3. The average molecular weight is 286 g/mol. The largest absolute Gasteiger partial charge is 0.338 e. The Balaban J connectivity index is 1.67. The number of ketones is 1. The Kier molecular flexibility index (Phi) is 2.70. The molecule has 4 nitrogen and oxygen atoms in total. The second kappa shape index (κ2) is 4.45. The van der Waals surface area contributed by atoms with Crippen LogP contribution in [-0.4, -0.2) is 27.4 Å². The molecule has 1 atom stereocenters. The Bertz CT molecular complexity index is 649. The number of Topliss-reactive ketones (excluding diaryl/α,β-unsaturated/α-hetero) is 1. The summed E-state index contributed by atoms with van der Waals surface area (Å²) < 4.78 is 5.37. The van der Waals surface area contributed by atoms with Gasteiger partial charge in [-0.25, -0.2) is 0 Å². The normalized spacial score (nSPS) is 24.0. The zero-order valence-electron chi connectivity index (χ0n) is 10.9. The molecular weight excluding hydrogens is 272 g/mol. The van der Waals surface area contributed by atoms with Gasteiger partial charge in [-0.3, -0.25) is 4.79 Å². The minimum absolute atomic E-state index is 0.0855. The molecule has 1 aliphatic carbocycles.